The second-order valence-corrected chi connectivity index (χ2v) is 12.6. The predicted octanol–water partition coefficient (Wildman–Crippen LogP) is 3.85. The van der Waals surface area contributed by atoms with Crippen LogP contribution >= 0.6 is 23.4 Å². The fourth-order valence-electron chi connectivity index (χ4n) is 5.48. The minimum absolute atomic E-state index is 0.151. The summed E-state index contributed by atoms with van der Waals surface area (Å²) in [6.07, 6.45) is 10.3. The van der Waals surface area contributed by atoms with Crippen molar-refractivity contribution in [3.05, 3.63) is 52.6 Å². The number of hydrogen-bond acceptors (Lipinski definition) is 9. The number of amidine groups is 1. The van der Waals surface area contributed by atoms with Crippen LogP contribution in [-0.2, 0) is 16.1 Å². The third-order valence-corrected chi connectivity index (χ3v) is 8.79. The van der Waals surface area contributed by atoms with E-state index >= 15 is 0 Å². The Balaban J connectivity index is 1.12. The number of fused-ring (bicyclic) bond motifs is 2. The van der Waals surface area contributed by atoms with E-state index in [4.69, 9.17) is 16.3 Å². The summed E-state index contributed by atoms with van der Waals surface area (Å²) in [4.78, 5) is 43.1. The highest BCUT2D eigenvalue weighted by atomic mass is 35.5. The van der Waals surface area contributed by atoms with E-state index in [1.165, 1.54) is 11.8 Å². The average Bonchev–Trinajstić information content (AvgIpc) is 3.56. The predicted molar refractivity (Wildman–Crippen MR) is 147 cm³/mol. The van der Waals surface area contributed by atoms with Gasteiger partial charge in [-0.15, -0.1) is 0 Å². The number of anilines is 1. The maximum Gasteiger partial charge on any atom is 0.408 e. The molecule has 2 amide bonds. The lowest BCUT2D eigenvalue weighted by molar-refractivity contribution is -0.116. The number of alkyl carbamates (subject to hydrolysis) is 1. The van der Waals surface area contributed by atoms with Gasteiger partial charge in [-0.25, -0.2) is 14.8 Å². The smallest absolute Gasteiger partial charge is 0.408 e. The van der Waals surface area contributed by atoms with Gasteiger partial charge in [0.05, 0.1) is 16.8 Å². The van der Waals surface area contributed by atoms with Gasteiger partial charge in [-0.2, -0.15) is 10.1 Å². The summed E-state index contributed by atoms with van der Waals surface area (Å²) < 4.78 is 7.55. The van der Waals surface area contributed by atoms with Gasteiger partial charge in [0.15, 0.2) is 5.84 Å². The fourth-order valence-corrected chi connectivity index (χ4v) is 6.59. The molecule has 11 nitrogen and oxygen atoms in total. The number of nitrogens with zero attached hydrogens (tertiary/aromatic N) is 7. The van der Waals surface area contributed by atoms with Crippen molar-refractivity contribution in [2.45, 2.75) is 56.7 Å². The first-order chi connectivity index (χ1) is 18.6. The second-order valence-electron chi connectivity index (χ2n) is 11.1. The van der Waals surface area contributed by atoms with Gasteiger partial charge < -0.3 is 19.9 Å². The lowest BCUT2D eigenvalue weighted by Crippen LogP contribution is -2.48. The summed E-state index contributed by atoms with van der Waals surface area (Å²) in [7, 11) is 0. The van der Waals surface area contributed by atoms with Crippen LogP contribution in [0.4, 0.5) is 10.7 Å². The fraction of sp³-hybridized carbons (Fsp3) is 0.462. The summed E-state index contributed by atoms with van der Waals surface area (Å²) in [5.74, 6) is 0.946. The van der Waals surface area contributed by atoms with Gasteiger partial charge in [0, 0.05) is 59.6 Å². The lowest BCUT2D eigenvalue weighted by atomic mass is 9.73. The van der Waals surface area contributed by atoms with Crippen molar-refractivity contribution in [3.63, 3.8) is 0 Å². The van der Waals surface area contributed by atoms with Gasteiger partial charge in [0.2, 0.25) is 5.95 Å². The Hall–Kier alpha value is -3.38. The molecular weight excluding hydrogens is 540 g/mol. The zero-order chi connectivity index (χ0) is 27.4. The quantitative estimate of drug-likeness (QED) is 0.586. The third kappa shape index (κ3) is 5.03. The molecule has 1 spiro atoms. The van der Waals surface area contributed by atoms with E-state index in [0.29, 0.717) is 16.8 Å². The monoisotopic (exact) mass is 568 g/mol. The highest BCUT2D eigenvalue weighted by Crippen LogP contribution is 2.49. The zero-order valence-corrected chi connectivity index (χ0v) is 23.5. The molecule has 6 heterocycles. The van der Waals surface area contributed by atoms with Crippen LogP contribution in [0.3, 0.4) is 0 Å². The van der Waals surface area contributed by atoms with Crippen molar-refractivity contribution in [1.29, 1.82) is 0 Å². The minimum atomic E-state index is -0.569. The number of nitrogens with one attached hydrogen (secondary N) is 1. The van der Waals surface area contributed by atoms with Crippen molar-refractivity contribution < 1.29 is 14.3 Å². The average molecular weight is 569 g/mol. The molecule has 6 rings (SSSR count). The molecule has 0 radical (unpaired) electrons. The van der Waals surface area contributed by atoms with Crippen molar-refractivity contribution in [3.8, 4) is 0 Å². The summed E-state index contributed by atoms with van der Waals surface area (Å²) >= 11 is 7.94. The number of amides is 2. The Bertz CT molecular complexity index is 1400. The number of aromatic nitrogens is 4. The van der Waals surface area contributed by atoms with Gasteiger partial charge in [-0.3, -0.25) is 9.48 Å². The molecular formula is C26H29ClN8O3S. The van der Waals surface area contributed by atoms with E-state index < -0.39 is 11.7 Å². The van der Waals surface area contributed by atoms with Gasteiger partial charge in [-0.1, -0.05) is 23.4 Å². The molecule has 2 aromatic heterocycles. The van der Waals surface area contributed by atoms with Crippen LogP contribution in [0.25, 0.3) is 0 Å². The van der Waals surface area contributed by atoms with E-state index in [-0.39, 0.29) is 23.9 Å². The van der Waals surface area contributed by atoms with Crippen LogP contribution in [0.1, 0.15) is 45.3 Å². The summed E-state index contributed by atoms with van der Waals surface area (Å²) in [6, 6.07) is 1.80. The second kappa shape index (κ2) is 9.67. The topological polar surface area (TPSA) is 118 Å². The molecule has 4 aliphatic rings. The van der Waals surface area contributed by atoms with Crippen LogP contribution in [0.15, 0.2) is 56.8 Å². The number of aliphatic imine (C=N–C) groups is 1. The number of carbonyl (C=O) groups is 2. The summed E-state index contributed by atoms with van der Waals surface area (Å²) in [5.41, 5.74) is 0.287. The lowest BCUT2D eigenvalue weighted by Gasteiger charge is -2.42. The van der Waals surface area contributed by atoms with Crippen LogP contribution in [-0.4, -0.2) is 67.7 Å². The number of ether oxygens (including phenoxy) is 1. The molecule has 39 heavy (non-hydrogen) atoms. The Morgan fingerprint density at radius 3 is 2.69 bits per heavy atom. The van der Waals surface area contributed by atoms with E-state index in [9.17, 15) is 9.59 Å². The normalized spacial score (nSPS) is 21.8. The Kier molecular flexibility index (Phi) is 6.41. The van der Waals surface area contributed by atoms with E-state index in [0.717, 1.165) is 48.0 Å². The SMILES string of the molecule is CC(C)(C)OC(=O)N[C@@H]1c2ccnn2CC12CCN(c1ncc(SC3=C(Cl)C4=NC(=O)CN4C=C3)cn1)CC2. The molecule has 0 saturated carbocycles. The highest BCUT2D eigenvalue weighted by Gasteiger charge is 2.50. The number of rotatable bonds is 4. The largest absolute Gasteiger partial charge is 0.444 e. The Morgan fingerprint density at radius 1 is 1.23 bits per heavy atom. The van der Waals surface area contributed by atoms with Gasteiger partial charge in [0.25, 0.3) is 5.91 Å². The minimum Gasteiger partial charge on any atom is -0.444 e. The molecule has 204 valence electrons. The summed E-state index contributed by atoms with van der Waals surface area (Å²) in [5, 5.41) is 8.06. The third-order valence-electron chi connectivity index (χ3n) is 7.29. The standard InChI is InChI=1S/C26H29ClN8O3S/c1-25(2,3)38-24(37)32-21-17-4-8-30-35(17)15-26(21)6-10-33(11-7-26)23-28-12-16(13-29-23)39-18-5-9-34-14-19(36)31-22(34)20(18)27/h4-5,8-9,12-13,21H,6-7,10-11,14-15H2,1-3H3,(H,32,37)/t21-/m1/s1. The van der Waals surface area contributed by atoms with Crippen LogP contribution < -0.4 is 10.2 Å². The van der Waals surface area contributed by atoms with E-state index in [1.807, 2.05) is 43.8 Å². The van der Waals surface area contributed by atoms with E-state index in [2.05, 4.69) is 30.3 Å². The Labute approximate surface area is 235 Å². The molecule has 1 saturated heterocycles. The van der Waals surface area contributed by atoms with Crippen LogP contribution in [0.2, 0.25) is 0 Å². The molecule has 0 aromatic carbocycles. The number of thioether (sulfide) groups is 1. The molecule has 0 aliphatic carbocycles. The number of hydrogen-bond donors (Lipinski definition) is 1. The number of carbonyl (C=O) groups excluding carboxylic acids is 2. The number of piperidine rings is 1. The number of halogens is 1. The van der Waals surface area contributed by atoms with Crippen molar-refractivity contribution in [2.75, 3.05) is 24.5 Å². The number of allylic oxidation sites excluding steroid dienone is 1. The molecule has 4 aliphatic heterocycles. The molecule has 1 N–H and O–H groups in total. The van der Waals surface area contributed by atoms with E-state index in [1.54, 1.807) is 23.5 Å². The van der Waals surface area contributed by atoms with Crippen LogP contribution in [0, 0.1) is 5.41 Å². The van der Waals surface area contributed by atoms with Gasteiger partial charge >= 0.3 is 6.09 Å². The first-order valence-corrected chi connectivity index (χ1v) is 14.0. The Morgan fingerprint density at radius 2 is 1.97 bits per heavy atom. The van der Waals surface area contributed by atoms with Crippen molar-refractivity contribution in [2.24, 2.45) is 10.4 Å². The molecule has 0 bridgehead atoms. The van der Waals surface area contributed by atoms with Crippen molar-refractivity contribution >= 4 is 47.1 Å². The van der Waals surface area contributed by atoms with Gasteiger partial charge in [-0.05, 0) is 45.8 Å². The molecule has 1 fully saturated rings. The molecule has 1 atom stereocenters. The molecule has 2 aromatic rings. The maximum atomic E-state index is 12.7. The van der Waals surface area contributed by atoms with Crippen molar-refractivity contribution in [1.82, 2.24) is 30.0 Å². The highest BCUT2D eigenvalue weighted by molar-refractivity contribution is 8.03. The molecule has 13 heteroatoms. The maximum absolute atomic E-state index is 12.7. The van der Waals surface area contributed by atoms with Gasteiger partial charge in [0.1, 0.15) is 12.1 Å². The summed E-state index contributed by atoms with van der Waals surface area (Å²) in [6.45, 7) is 8.07. The first-order valence-electron chi connectivity index (χ1n) is 12.8. The first kappa shape index (κ1) is 25.9. The van der Waals surface area contributed by atoms with Crippen LogP contribution in [0.5, 0.6) is 0 Å². The zero-order valence-electron chi connectivity index (χ0n) is 21.9. The molecule has 0 unspecified atom stereocenters.